The molecule has 0 saturated carbocycles. The SMILES string of the molecule is O=C(CN1C(=O)c2ccc(Br)cc2C1=O)OCC(=O)c1ccc(Cl)cc1. The number of hydrogen-bond donors (Lipinski definition) is 0. The number of esters is 1. The van der Waals surface area contributed by atoms with Crippen LogP contribution in [0.2, 0.25) is 5.02 Å². The van der Waals surface area contributed by atoms with Gasteiger partial charge in [0.25, 0.3) is 11.8 Å². The summed E-state index contributed by atoms with van der Waals surface area (Å²) in [6, 6.07) is 10.8. The predicted molar refractivity (Wildman–Crippen MR) is 96.3 cm³/mol. The molecule has 3 rings (SSSR count). The highest BCUT2D eigenvalue weighted by molar-refractivity contribution is 9.10. The van der Waals surface area contributed by atoms with Gasteiger partial charge in [0.05, 0.1) is 11.1 Å². The van der Waals surface area contributed by atoms with Crippen LogP contribution in [0.3, 0.4) is 0 Å². The molecule has 0 N–H and O–H groups in total. The first-order chi connectivity index (χ1) is 12.4. The van der Waals surface area contributed by atoms with Crippen molar-refractivity contribution in [3.63, 3.8) is 0 Å². The quantitative estimate of drug-likeness (QED) is 0.409. The first kappa shape index (κ1) is 18.3. The van der Waals surface area contributed by atoms with E-state index < -0.39 is 36.7 Å². The van der Waals surface area contributed by atoms with Gasteiger partial charge in [0.15, 0.2) is 12.4 Å². The second-order valence-corrected chi connectivity index (χ2v) is 6.83. The number of halogens is 2. The van der Waals surface area contributed by atoms with Crippen molar-refractivity contribution in [3.8, 4) is 0 Å². The molecular weight excluding hydrogens is 426 g/mol. The molecule has 1 aliphatic rings. The van der Waals surface area contributed by atoms with Gasteiger partial charge in [-0.15, -0.1) is 0 Å². The molecule has 26 heavy (non-hydrogen) atoms. The smallest absolute Gasteiger partial charge is 0.326 e. The number of nitrogens with zero attached hydrogens (tertiary/aromatic N) is 1. The number of rotatable bonds is 5. The summed E-state index contributed by atoms with van der Waals surface area (Å²) >= 11 is 8.98. The van der Waals surface area contributed by atoms with Gasteiger partial charge >= 0.3 is 5.97 Å². The van der Waals surface area contributed by atoms with Crippen molar-refractivity contribution < 1.29 is 23.9 Å². The number of carbonyl (C=O) groups is 4. The third-order valence-corrected chi connectivity index (χ3v) is 4.50. The molecule has 0 spiro atoms. The minimum Gasteiger partial charge on any atom is -0.456 e. The Labute approximate surface area is 161 Å². The lowest BCUT2D eigenvalue weighted by Crippen LogP contribution is -2.36. The van der Waals surface area contributed by atoms with E-state index in [9.17, 15) is 19.2 Å². The largest absolute Gasteiger partial charge is 0.456 e. The number of ether oxygens (including phenoxy) is 1. The zero-order valence-corrected chi connectivity index (χ0v) is 15.5. The predicted octanol–water partition coefficient (Wildman–Crippen LogP) is 3.12. The van der Waals surface area contributed by atoms with Crippen molar-refractivity contribution in [1.82, 2.24) is 4.90 Å². The Kier molecular flexibility index (Phi) is 5.20. The van der Waals surface area contributed by atoms with E-state index in [2.05, 4.69) is 15.9 Å². The molecule has 0 aromatic heterocycles. The average molecular weight is 437 g/mol. The summed E-state index contributed by atoms with van der Waals surface area (Å²) in [6.07, 6.45) is 0. The molecule has 0 fully saturated rings. The maximum absolute atomic E-state index is 12.3. The van der Waals surface area contributed by atoms with Crippen LogP contribution in [0.15, 0.2) is 46.9 Å². The zero-order valence-electron chi connectivity index (χ0n) is 13.2. The second kappa shape index (κ2) is 7.39. The van der Waals surface area contributed by atoms with Crippen LogP contribution < -0.4 is 0 Å². The van der Waals surface area contributed by atoms with Crippen molar-refractivity contribution in [1.29, 1.82) is 0 Å². The van der Waals surface area contributed by atoms with Crippen molar-refractivity contribution >= 4 is 51.1 Å². The summed E-state index contributed by atoms with van der Waals surface area (Å²) in [4.78, 5) is 49.2. The number of amides is 2. The molecule has 1 heterocycles. The van der Waals surface area contributed by atoms with Gasteiger partial charge in [-0.3, -0.25) is 24.1 Å². The number of fused-ring (bicyclic) bond motifs is 1. The standard InChI is InChI=1S/C18H11BrClNO5/c19-11-3-6-13-14(7-11)18(25)21(17(13)24)8-16(23)26-9-15(22)10-1-4-12(20)5-2-10/h1-7H,8-9H2. The monoisotopic (exact) mass is 435 g/mol. The number of hydrogen-bond acceptors (Lipinski definition) is 5. The van der Waals surface area contributed by atoms with E-state index in [0.29, 0.717) is 15.1 Å². The van der Waals surface area contributed by atoms with E-state index in [-0.39, 0.29) is 11.1 Å². The molecular formula is C18H11BrClNO5. The Balaban J connectivity index is 1.60. The Bertz CT molecular complexity index is 926. The number of carbonyl (C=O) groups excluding carboxylic acids is 4. The van der Waals surface area contributed by atoms with E-state index in [1.165, 1.54) is 24.3 Å². The molecule has 0 atom stereocenters. The second-order valence-electron chi connectivity index (χ2n) is 5.48. The van der Waals surface area contributed by atoms with Gasteiger partial charge in [-0.05, 0) is 42.5 Å². The molecule has 1 aliphatic heterocycles. The van der Waals surface area contributed by atoms with Crippen molar-refractivity contribution in [3.05, 3.63) is 68.7 Å². The van der Waals surface area contributed by atoms with E-state index in [1.54, 1.807) is 18.2 Å². The molecule has 132 valence electrons. The summed E-state index contributed by atoms with van der Waals surface area (Å²) in [7, 11) is 0. The highest BCUT2D eigenvalue weighted by Crippen LogP contribution is 2.25. The summed E-state index contributed by atoms with van der Waals surface area (Å²) in [5.41, 5.74) is 0.783. The van der Waals surface area contributed by atoms with Gasteiger partial charge in [0.1, 0.15) is 6.54 Å². The molecule has 2 aromatic carbocycles. The first-order valence-electron chi connectivity index (χ1n) is 7.47. The number of ketones is 1. The Morgan fingerprint density at radius 1 is 1.00 bits per heavy atom. The van der Waals surface area contributed by atoms with Crippen LogP contribution in [0.1, 0.15) is 31.1 Å². The lowest BCUT2D eigenvalue weighted by atomic mass is 10.1. The minimum absolute atomic E-state index is 0.217. The number of imide groups is 1. The van der Waals surface area contributed by atoms with Crippen LogP contribution in [-0.2, 0) is 9.53 Å². The molecule has 2 amide bonds. The molecule has 8 heteroatoms. The molecule has 0 radical (unpaired) electrons. The fourth-order valence-corrected chi connectivity index (χ4v) is 2.93. The van der Waals surface area contributed by atoms with E-state index in [1.807, 2.05) is 0 Å². The topological polar surface area (TPSA) is 80.8 Å². The zero-order chi connectivity index (χ0) is 18.8. The van der Waals surface area contributed by atoms with Gasteiger partial charge in [-0.1, -0.05) is 27.5 Å². The van der Waals surface area contributed by atoms with Crippen LogP contribution in [0.4, 0.5) is 0 Å². The average Bonchev–Trinajstić information content (AvgIpc) is 2.84. The van der Waals surface area contributed by atoms with Gasteiger partial charge in [0, 0.05) is 15.1 Å². The molecule has 6 nitrogen and oxygen atoms in total. The van der Waals surface area contributed by atoms with Crippen molar-refractivity contribution in [2.24, 2.45) is 0 Å². The number of Topliss-reactive ketones (excluding diaryl/α,β-unsaturated/α-hetero) is 1. The molecule has 0 bridgehead atoms. The van der Waals surface area contributed by atoms with Crippen LogP contribution >= 0.6 is 27.5 Å². The van der Waals surface area contributed by atoms with Crippen LogP contribution in [-0.4, -0.2) is 41.6 Å². The maximum atomic E-state index is 12.3. The number of benzene rings is 2. The lowest BCUT2D eigenvalue weighted by molar-refractivity contribution is -0.142. The highest BCUT2D eigenvalue weighted by Gasteiger charge is 2.37. The Hall–Kier alpha value is -2.51. The molecule has 0 unspecified atom stereocenters. The first-order valence-corrected chi connectivity index (χ1v) is 8.64. The van der Waals surface area contributed by atoms with Crippen LogP contribution in [0.25, 0.3) is 0 Å². The summed E-state index contributed by atoms with van der Waals surface area (Å²) in [6.45, 7) is -1.05. The van der Waals surface area contributed by atoms with E-state index in [0.717, 1.165) is 4.90 Å². The summed E-state index contributed by atoms with van der Waals surface area (Å²) < 4.78 is 5.54. The van der Waals surface area contributed by atoms with Crippen molar-refractivity contribution in [2.45, 2.75) is 0 Å². The van der Waals surface area contributed by atoms with Crippen LogP contribution in [0.5, 0.6) is 0 Å². The van der Waals surface area contributed by atoms with Crippen molar-refractivity contribution in [2.75, 3.05) is 13.2 Å². The van der Waals surface area contributed by atoms with E-state index in [4.69, 9.17) is 16.3 Å². The molecule has 0 aliphatic carbocycles. The summed E-state index contributed by atoms with van der Waals surface area (Å²) in [5, 5.41) is 0.482. The molecule has 2 aromatic rings. The van der Waals surface area contributed by atoms with Gasteiger partial charge in [-0.25, -0.2) is 0 Å². The fourth-order valence-electron chi connectivity index (χ4n) is 2.45. The van der Waals surface area contributed by atoms with Gasteiger partial charge in [-0.2, -0.15) is 0 Å². The lowest BCUT2D eigenvalue weighted by Gasteiger charge is -2.12. The minimum atomic E-state index is -0.846. The fraction of sp³-hybridized carbons (Fsp3) is 0.111. The maximum Gasteiger partial charge on any atom is 0.326 e. The Morgan fingerprint density at radius 3 is 2.35 bits per heavy atom. The third-order valence-electron chi connectivity index (χ3n) is 3.75. The normalized spacial score (nSPS) is 12.9. The van der Waals surface area contributed by atoms with Gasteiger partial charge < -0.3 is 4.74 Å². The van der Waals surface area contributed by atoms with Gasteiger partial charge in [0.2, 0.25) is 0 Å². The van der Waals surface area contributed by atoms with Crippen LogP contribution in [0, 0.1) is 0 Å². The highest BCUT2D eigenvalue weighted by atomic mass is 79.9. The third kappa shape index (κ3) is 3.68. The molecule has 0 saturated heterocycles. The van der Waals surface area contributed by atoms with E-state index >= 15 is 0 Å². The Morgan fingerprint density at radius 2 is 1.65 bits per heavy atom. The summed E-state index contributed by atoms with van der Waals surface area (Å²) in [5.74, 6) is -2.41.